The van der Waals surface area contributed by atoms with Crippen LogP contribution in [-0.4, -0.2) is 40.4 Å². The highest BCUT2D eigenvalue weighted by Crippen LogP contribution is 2.39. The Morgan fingerprint density at radius 2 is 2.05 bits per heavy atom. The highest BCUT2D eigenvalue weighted by molar-refractivity contribution is 6.30. The largest absolute Gasteiger partial charge is 0.361 e. The average molecular weight is 295 g/mol. The number of nitrogens with zero attached hydrogens (tertiary/aromatic N) is 3. The highest BCUT2D eigenvalue weighted by atomic mass is 35.5. The molecule has 0 bridgehead atoms. The molecule has 1 amide bonds. The van der Waals surface area contributed by atoms with Gasteiger partial charge in [-0.2, -0.15) is 0 Å². The Bertz CT molecular complexity index is 524. The predicted molar refractivity (Wildman–Crippen MR) is 78.1 cm³/mol. The van der Waals surface area contributed by atoms with Crippen LogP contribution in [0.1, 0.15) is 43.0 Å². The molecule has 1 aliphatic heterocycles. The van der Waals surface area contributed by atoms with Gasteiger partial charge in [-0.15, -0.1) is 0 Å². The highest BCUT2D eigenvalue weighted by Gasteiger charge is 2.28. The van der Waals surface area contributed by atoms with Gasteiger partial charge in [0.15, 0.2) is 0 Å². The molecular formula is C14H19ClN4O. The van der Waals surface area contributed by atoms with Crippen molar-refractivity contribution >= 4 is 23.3 Å². The van der Waals surface area contributed by atoms with E-state index in [0.29, 0.717) is 16.9 Å². The molecule has 5 nitrogen and oxygen atoms in total. The lowest BCUT2D eigenvalue weighted by atomic mass is 10.3. The monoisotopic (exact) mass is 294 g/mol. The Morgan fingerprint density at radius 1 is 1.35 bits per heavy atom. The van der Waals surface area contributed by atoms with Gasteiger partial charge in [0.25, 0.3) is 0 Å². The van der Waals surface area contributed by atoms with Gasteiger partial charge in [0, 0.05) is 24.6 Å². The van der Waals surface area contributed by atoms with Crippen LogP contribution >= 0.6 is 11.6 Å². The summed E-state index contributed by atoms with van der Waals surface area (Å²) < 4.78 is 0. The zero-order valence-corrected chi connectivity index (χ0v) is 12.4. The maximum absolute atomic E-state index is 12.0. The van der Waals surface area contributed by atoms with Crippen LogP contribution in [0.25, 0.3) is 0 Å². The minimum absolute atomic E-state index is 0.129. The summed E-state index contributed by atoms with van der Waals surface area (Å²) in [5.74, 6) is 2.07. The molecule has 20 heavy (non-hydrogen) atoms. The number of carbonyl (C=O) groups is 1. The number of aromatic nitrogens is 2. The topological polar surface area (TPSA) is 58.1 Å². The normalized spacial score (nSPS) is 18.4. The molecule has 0 aromatic carbocycles. The second kappa shape index (κ2) is 5.56. The van der Waals surface area contributed by atoms with Crippen LogP contribution in [0.2, 0.25) is 5.15 Å². The van der Waals surface area contributed by atoms with Crippen molar-refractivity contribution in [2.45, 2.75) is 38.5 Å². The number of hydrogen-bond acceptors (Lipinski definition) is 4. The fraction of sp³-hybridized carbons (Fsp3) is 0.643. The average Bonchev–Trinajstić information content (AvgIpc) is 3.14. The number of anilines is 1. The molecule has 3 rings (SSSR count). The summed E-state index contributed by atoms with van der Waals surface area (Å²) in [5, 5.41) is 3.61. The van der Waals surface area contributed by atoms with E-state index in [9.17, 15) is 4.79 Å². The zero-order valence-electron chi connectivity index (χ0n) is 11.7. The minimum Gasteiger partial charge on any atom is -0.361 e. The van der Waals surface area contributed by atoms with Crippen molar-refractivity contribution in [3.63, 3.8) is 0 Å². The summed E-state index contributed by atoms with van der Waals surface area (Å²) >= 11 is 6.15. The van der Waals surface area contributed by atoms with Crippen LogP contribution in [0.5, 0.6) is 0 Å². The molecule has 2 heterocycles. The van der Waals surface area contributed by atoms with Crippen LogP contribution in [0.3, 0.4) is 0 Å². The maximum Gasteiger partial charge on any atom is 0.241 e. The number of rotatable bonds is 4. The van der Waals surface area contributed by atoms with Crippen molar-refractivity contribution in [3.05, 3.63) is 16.5 Å². The Kier molecular flexibility index (Phi) is 3.78. The Hall–Kier alpha value is -1.36. The lowest BCUT2D eigenvalue weighted by Gasteiger charge is -2.16. The van der Waals surface area contributed by atoms with Gasteiger partial charge in [-0.25, -0.2) is 9.97 Å². The van der Waals surface area contributed by atoms with Crippen LogP contribution in [0, 0.1) is 6.92 Å². The lowest BCUT2D eigenvalue weighted by molar-refractivity contribution is -0.128. The Morgan fingerprint density at radius 3 is 2.70 bits per heavy atom. The van der Waals surface area contributed by atoms with Crippen molar-refractivity contribution in [2.75, 3.05) is 25.0 Å². The molecular weight excluding hydrogens is 276 g/mol. The molecule has 0 radical (unpaired) electrons. The summed E-state index contributed by atoms with van der Waals surface area (Å²) in [4.78, 5) is 22.8. The van der Waals surface area contributed by atoms with E-state index in [1.165, 1.54) is 0 Å². The summed E-state index contributed by atoms with van der Waals surface area (Å²) in [7, 11) is 0. The van der Waals surface area contributed by atoms with Crippen LogP contribution in [-0.2, 0) is 4.79 Å². The molecule has 1 aliphatic carbocycles. The van der Waals surface area contributed by atoms with Gasteiger partial charge in [0.1, 0.15) is 16.8 Å². The fourth-order valence-electron chi connectivity index (χ4n) is 2.44. The maximum atomic E-state index is 12.0. The van der Waals surface area contributed by atoms with Gasteiger partial charge >= 0.3 is 0 Å². The summed E-state index contributed by atoms with van der Waals surface area (Å²) in [6, 6.07) is 0. The molecule has 2 fully saturated rings. The fourth-order valence-corrected chi connectivity index (χ4v) is 2.62. The van der Waals surface area contributed by atoms with E-state index in [0.717, 1.165) is 50.2 Å². The summed E-state index contributed by atoms with van der Waals surface area (Å²) in [6.07, 6.45) is 4.48. The molecule has 0 spiro atoms. The van der Waals surface area contributed by atoms with E-state index in [1.54, 1.807) is 0 Å². The SMILES string of the molecule is Cc1c(Cl)nc(C2CC2)nc1NCC(=O)N1CCCC1. The third-order valence-electron chi connectivity index (χ3n) is 3.91. The quantitative estimate of drug-likeness (QED) is 0.866. The van der Waals surface area contributed by atoms with E-state index in [-0.39, 0.29) is 12.5 Å². The van der Waals surface area contributed by atoms with Gasteiger partial charge < -0.3 is 10.2 Å². The zero-order chi connectivity index (χ0) is 14.1. The van der Waals surface area contributed by atoms with Gasteiger partial charge in [0.05, 0.1) is 6.54 Å². The summed E-state index contributed by atoms with van der Waals surface area (Å²) in [5.41, 5.74) is 0.810. The molecule has 0 atom stereocenters. The van der Waals surface area contributed by atoms with E-state index in [1.807, 2.05) is 11.8 Å². The predicted octanol–water partition coefficient (Wildman–Crippen LogP) is 2.35. The number of carbonyl (C=O) groups excluding carboxylic acids is 1. The molecule has 6 heteroatoms. The number of likely N-dealkylation sites (tertiary alicyclic amines) is 1. The van der Waals surface area contributed by atoms with E-state index >= 15 is 0 Å². The van der Waals surface area contributed by atoms with E-state index in [2.05, 4.69) is 15.3 Å². The first-order chi connectivity index (χ1) is 9.65. The molecule has 0 unspecified atom stereocenters. The van der Waals surface area contributed by atoms with Gasteiger partial charge in [-0.3, -0.25) is 4.79 Å². The van der Waals surface area contributed by atoms with E-state index < -0.39 is 0 Å². The van der Waals surface area contributed by atoms with Crippen LogP contribution < -0.4 is 5.32 Å². The Labute approximate surface area is 123 Å². The third kappa shape index (κ3) is 2.87. The Balaban J connectivity index is 1.68. The molecule has 1 aromatic heterocycles. The number of hydrogen-bond donors (Lipinski definition) is 1. The van der Waals surface area contributed by atoms with Crippen molar-refractivity contribution in [2.24, 2.45) is 0 Å². The number of halogens is 1. The van der Waals surface area contributed by atoms with Gasteiger partial charge in [0.2, 0.25) is 5.91 Å². The van der Waals surface area contributed by atoms with Crippen LogP contribution in [0.4, 0.5) is 5.82 Å². The first kappa shape index (κ1) is 13.6. The molecule has 1 saturated heterocycles. The second-order valence-corrected chi connectivity index (χ2v) is 5.92. The standard InChI is InChI=1S/C14H19ClN4O/c1-9-12(15)17-14(10-4-5-10)18-13(9)16-8-11(20)19-6-2-3-7-19/h10H,2-8H2,1H3,(H,16,17,18). The second-order valence-electron chi connectivity index (χ2n) is 5.56. The van der Waals surface area contributed by atoms with Gasteiger partial charge in [-0.1, -0.05) is 11.6 Å². The van der Waals surface area contributed by atoms with Crippen molar-refractivity contribution < 1.29 is 4.79 Å². The molecule has 1 N–H and O–H groups in total. The number of nitrogens with one attached hydrogen (secondary N) is 1. The molecule has 1 saturated carbocycles. The number of amides is 1. The smallest absolute Gasteiger partial charge is 0.241 e. The minimum atomic E-state index is 0.129. The first-order valence-corrected chi connectivity index (χ1v) is 7.58. The summed E-state index contributed by atoms with van der Waals surface area (Å²) in [6.45, 7) is 3.90. The lowest BCUT2D eigenvalue weighted by Crippen LogP contribution is -2.33. The first-order valence-electron chi connectivity index (χ1n) is 7.21. The van der Waals surface area contributed by atoms with Crippen molar-refractivity contribution in [3.8, 4) is 0 Å². The van der Waals surface area contributed by atoms with Crippen molar-refractivity contribution in [1.82, 2.24) is 14.9 Å². The third-order valence-corrected chi connectivity index (χ3v) is 4.28. The molecule has 108 valence electrons. The molecule has 2 aliphatic rings. The van der Waals surface area contributed by atoms with Crippen molar-refractivity contribution in [1.29, 1.82) is 0 Å². The molecule has 1 aromatic rings. The van der Waals surface area contributed by atoms with Gasteiger partial charge in [-0.05, 0) is 32.6 Å². The van der Waals surface area contributed by atoms with Crippen LogP contribution in [0.15, 0.2) is 0 Å². The van der Waals surface area contributed by atoms with E-state index in [4.69, 9.17) is 11.6 Å².